The molecule has 11 heteroatoms. The lowest BCUT2D eigenvalue weighted by Gasteiger charge is -2.25. The number of H-pyrrole nitrogens is 1. The Morgan fingerprint density at radius 2 is 2.00 bits per heavy atom. The van der Waals surface area contributed by atoms with Crippen LogP contribution in [-0.4, -0.2) is 57.6 Å². The highest BCUT2D eigenvalue weighted by molar-refractivity contribution is 6.01. The van der Waals surface area contributed by atoms with E-state index in [-0.39, 0.29) is 5.75 Å². The molecule has 4 aromatic heterocycles. The summed E-state index contributed by atoms with van der Waals surface area (Å²) in [6, 6.07) is 14.1. The summed E-state index contributed by atoms with van der Waals surface area (Å²) in [5.41, 5.74) is 9.04. The van der Waals surface area contributed by atoms with Gasteiger partial charge in [0.05, 0.1) is 29.6 Å². The van der Waals surface area contributed by atoms with Crippen LogP contribution in [0.25, 0.3) is 55.6 Å². The summed E-state index contributed by atoms with van der Waals surface area (Å²) in [5, 5.41) is 15.4. The molecule has 1 atom stereocenters. The summed E-state index contributed by atoms with van der Waals surface area (Å²) in [4.78, 5) is 22.1. The number of ether oxygens (including phenoxy) is 3. The van der Waals surface area contributed by atoms with Gasteiger partial charge in [0, 0.05) is 65.3 Å². The highest BCUT2D eigenvalue weighted by atomic mass is 19.1. The standard InChI is InChI=1S/C37H34FN5O5/c1-19-25-6-5-11-48-34(25)28(38)14-26(19)33-27-15-31(42(3)36(27)41-20(2)32(33)35(46-4)37(44)45)22-9-10-39-29(13-22)21-7-8-30-23(12-21)16-40-43(30)24-17-47-18-24/h7-10,12-16,24,35H,5-6,11,17-18H2,1-4H3,(H,44,45)/p+1/t35-/m0/s1. The van der Waals surface area contributed by atoms with Crippen LogP contribution in [-0.2, 0) is 27.7 Å². The Labute approximate surface area is 275 Å². The lowest BCUT2D eigenvalue weighted by Crippen LogP contribution is -2.51. The van der Waals surface area contributed by atoms with Gasteiger partial charge < -0.3 is 23.9 Å². The topological polar surface area (TPSA) is 115 Å². The summed E-state index contributed by atoms with van der Waals surface area (Å²) in [6.45, 7) is 5.58. The Morgan fingerprint density at radius 3 is 2.75 bits per heavy atom. The molecule has 2 aliphatic rings. The first-order valence-electron chi connectivity index (χ1n) is 16.0. The second-order valence-corrected chi connectivity index (χ2v) is 12.6. The van der Waals surface area contributed by atoms with E-state index in [9.17, 15) is 9.90 Å². The minimum atomic E-state index is -1.30. The van der Waals surface area contributed by atoms with Crippen LogP contribution in [0, 0.1) is 19.7 Å². The molecule has 6 heterocycles. The third-order valence-corrected chi connectivity index (χ3v) is 9.81. The molecule has 244 valence electrons. The highest BCUT2D eigenvalue weighted by Crippen LogP contribution is 2.45. The van der Waals surface area contributed by atoms with Gasteiger partial charge in [-0.05, 0) is 74.2 Å². The summed E-state index contributed by atoms with van der Waals surface area (Å²) in [6.07, 6.45) is 3.93. The number of aliphatic carboxylic acids is 1. The maximum atomic E-state index is 15.7. The number of nitrogens with zero attached hydrogens (tertiary/aromatic N) is 4. The van der Waals surface area contributed by atoms with Crippen LogP contribution in [0.3, 0.4) is 0 Å². The van der Waals surface area contributed by atoms with E-state index in [1.165, 1.54) is 13.2 Å². The minimum absolute atomic E-state index is 0.273. The van der Waals surface area contributed by atoms with Crippen LogP contribution >= 0.6 is 0 Å². The van der Waals surface area contributed by atoms with E-state index in [2.05, 4.69) is 28.0 Å². The quantitative estimate of drug-likeness (QED) is 0.199. The average Bonchev–Trinajstić information content (AvgIpc) is 3.62. The van der Waals surface area contributed by atoms with Gasteiger partial charge in [0.2, 0.25) is 11.6 Å². The number of benzene rings is 2. The fraction of sp³-hybridized carbons (Fsp3) is 0.297. The fourth-order valence-corrected chi connectivity index (χ4v) is 7.28. The molecule has 0 radical (unpaired) electrons. The molecular weight excluding hydrogens is 613 g/mol. The molecule has 0 spiro atoms. The fourth-order valence-electron chi connectivity index (χ4n) is 7.28. The number of pyridine rings is 2. The van der Waals surface area contributed by atoms with Crippen molar-refractivity contribution in [2.75, 3.05) is 26.9 Å². The van der Waals surface area contributed by atoms with E-state index >= 15 is 4.39 Å². The van der Waals surface area contributed by atoms with Crippen LogP contribution in [0.2, 0.25) is 0 Å². The van der Waals surface area contributed by atoms with Gasteiger partial charge in [-0.1, -0.05) is 0 Å². The maximum absolute atomic E-state index is 15.7. The van der Waals surface area contributed by atoms with Gasteiger partial charge in [-0.15, -0.1) is 4.68 Å². The number of halogens is 1. The number of carboxylic acids is 1. The summed E-state index contributed by atoms with van der Waals surface area (Å²) < 4.78 is 36.4. The first-order chi connectivity index (χ1) is 23.2. The van der Waals surface area contributed by atoms with Crippen molar-refractivity contribution in [1.82, 2.24) is 19.6 Å². The monoisotopic (exact) mass is 648 g/mol. The normalized spacial score (nSPS) is 15.4. The number of methoxy groups -OCH3 is 1. The number of carbonyl (C=O) groups is 1. The molecule has 0 unspecified atom stereocenters. The molecule has 6 aromatic rings. The number of rotatable bonds is 7. The van der Waals surface area contributed by atoms with Crippen molar-refractivity contribution in [3.63, 3.8) is 0 Å². The average molecular weight is 649 g/mol. The van der Waals surface area contributed by atoms with Crippen LogP contribution in [0.5, 0.6) is 5.75 Å². The predicted octanol–water partition coefficient (Wildman–Crippen LogP) is 6.16. The van der Waals surface area contributed by atoms with Crippen molar-refractivity contribution >= 4 is 27.9 Å². The number of aromatic nitrogens is 5. The number of aryl methyl sites for hydroxylation is 2. The highest BCUT2D eigenvalue weighted by Gasteiger charge is 2.33. The maximum Gasteiger partial charge on any atom is 0.337 e. The van der Waals surface area contributed by atoms with E-state index in [0.29, 0.717) is 65.7 Å². The largest absolute Gasteiger partial charge is 0.490 e. The Kier molecular flexibility index (Phi) is 7.26. The van der Waals surface area contributed by atoms with Gasteiger partial charge in [-0.2, -0.15) is 5.10 Å². The summed E-state index contributed by atoms with van der Waals surface area (Å²) in [7, 11) is 3.29. The zero-order chi connectivity index (χ0) is 33.3. The predicted molar refractivity (Wildman–Crippen MR) is 177 cm³/mol. The van der Waals surface area contributed by atoms with E-state index in [1.54, 1.807) is 13.1 Å². The van der Waals surface area contributed by atoms with E-state index in [1.807, 2.05) is 42.9 Å². The van der Waals surface area contributed by atoms with E-state index in [4.69, 9.17) is 24.2 Å². The Morgan fingerprint density at radius 1 is 1.17 bits per heavy atom. The number of aromatic amines is 1. The Balaban J connectivity index is 1.31. The molecule has 2 aliphatic heterocycles. The van der Waals surface area contributed by atoms with Crippen LogP contribution in [0.15, 0.2) is 54.9 Å². The van der Waals surface area contributed by atoms with Gasteiger partial charge in [0.1, 0.15) is 18.9 Å². The first-order valence-corrected chi connectivity index (χ1v) is 16.0. The van der Waals surface area contributed by atoms with Gasteiger partial charge in [0.15, 0.2) is 17.7 Å². The number of hydrogen-bond acceptors (Lipinski definition) is 6. The minimum Gasteiger partial charge on any atom is -0.490 e. The Hall–Kier alpha value is -5.13. The molecular formula is C37H35FN5O5+. The van der Waals surface area contributed by atoms with Crippen molar-refractivity contribution in [3.05, 3.63) is 83.1 Å². The molecule has 0 bridgehead atoms. The van der Waals surface area contributed by atoms with Crippen molar-refractivity contribution < 1.29 is 33.2 Å². The third kappa shape index (κ3) is 4.68. The van der Waals surface area contributed by atoms with Crippen molar-refractivity contribution in [1.29, 1.82) is 0 Å². The zero-order valence-electron chi connectivity index (χ0n) is 27.1. The molecule has 2 N–H and O–H groups in total. The first kappa shape index (κ1) is 30.2. The molecule has 0 amide bonds. The molecule has 8 rings (SSSR count). The molecule has 0 aliphatic carbocycles. The SMILES string of the molecule is CO[C@H](C(=O)O)c1c(C)nc2c(cc(-c3ccnc(-c4ccc5c(c[nH][n+]5C5COC5)c4)c3)n2C)c1-c1cc(F)c2c(c1C)CCCO2. The molecule has 10 nitrogen and oxygen atoms in total. The summed E-state index contributed by atoms with van der Waals surface area (Å²) >= 11 is 0. The molecule has 48 heavy (non-hydrogen) atoms. The molecule has 1 saturated heterocycles. The molecule has 2 aromatic carbocycles. The van der Waals surface area contributed by atoms with Crippen LogP contribution in [0.1, 0.15) is 41.0 Å². The van der Waals surface area contributed by atoms with Gasteiger partial charge in [-0.25, -0.2) is 14.2 Å². The zero-order valence-corrected chi connectivity index (χ0v) is 27.1. The number of hydrogen-bond donors (Lipinski definition) is 2. The lowest BCUT2D eigenvalue weighted by molar-refractivity contribution is -0.768. The smallest absolute Gasteiger partial charge is 0.337 e. The number of fused-ring (bicyclic) bond motifs is 3. The Bertz CT molecular complexity index is 2270. The van der Waals surface area contributed by atoms with Crippen LogP contribution < -0.4 is 9.42 Å². The van der Waals surface area contributed by atoms with Crippen molar-refractivity contribution in [2.24, 2.45) is 7.05 Å². The van der Waals surface area contributed by atoms with E-state index < -0.39 is 17.9 Å². The van der Waals surface area contributed by atoms with Gasteiger partial charge in [0.25, 0.3) is 0 Å². The lowest BCUT2D eigenvalue weighted by atomic mass is 9.86. The van der Waals surface area contributed by atoms with Gasteiger partial charge in [-0.3, -0.25) is 4.98 Å². The third-order valence-electron chi connectivity index (χ3n) is 9.81. The van der Waals surface area contributed by atoms with Crippen molar-refractivity contribution in [2.45, 2.75) is 38.8 Å². The molecule has 1 fully saturated rings. The molecule has 0 saturated carbocycles. The van der Waals surface area contributed by atoms with Crippen LogP contribution in [0.4, 0.5) is 4.39 Å². The summed E-state index contributed by atoms with van der Waals surface area (Å²) in [5.74, 6) is -1.34. The van der Waals surface area contributed by atoms with E-state index in [0.717, 1.165) is 51.0 Å². The second kappa shape index (κ2) is 11.5. The number of carboxylic acid groups (broad SMARTS) is 1. The second-order valence-electron chi connectivity index (χ2n) is 12.6. The van der Waals surface area contributed by atoms with Crippen molar-refractivity contribution in [3.8, 4) is 39.4 Å². The van der Waals surface area contributed by atoms with Gasteiger partial charge >= 0.3 is 5.97 Å². The number of nitrogens with one attached hydrogen (secondary N) is 1.